The average molecular weight is 318 g/mol. The summed E-state index contributed by atoms with van der Waals surface area (Å²) in [6.45, 7) is 5.12. The van der Waals surface area contributed by atoms with Crippen molar-refractivity contribution in [2.24, 2.45) is 5.73 Å². The normalized spacial score (nSPS) is 12.2. The van der Waals surface area contributed by atoms with Crippen molar-refractivity contribution < 1.29 is 9.47 Å². The maximum atomic E-state index is 5.75. The van der Waals surface area contributed by atoms with Gasteiger partial charge in [-0.25, -0.2) is 0 Å². The largest absolute Gasteiger partial charge is 0.488 e. The standard InChI is InChI=1S/C12H16BrNO2S/c1-3-15-7-8(2)16-11-5-4-9(13)6-10(11)12(14)17/h4-6,8H,3,7H2,1-2H3,(H2,14,17). The van der Waals surface area contributed by atoms with Crippen molar-refractivity contribution in [3.8, 4) is 5.75 Å². The number of ether oxygens (including phenoxy) is 2. The van der Waals surface area contributed by atoms with E-state index in [1.807, 2.05) is 32.0 Å². The Kier molecular flexibility index (Phi) is 5.88. The van der Waals surface area contributed by atoms with Gasteiger partial charge in [-0.3, -0.25) is 0 Å². The van der Waals surface area contributed by atoms with Crippen LogP contribution in [0.5, 0.6) is 5.75 Å². The Labute approximate surface area is 115 Å². The summed E-state index contributed by atoms with van der Waals surface area (Å²) in [5.41, 5.74) is 6.39. The van der Waals surface area contributed by atoms with Crippen molar-refractivity contribution >= 4 is 33.1 Å². The highest BCUT2D eigenvalue weighted by molar-refractivity contribution is 9.10. The van der Waals surface area contributed by atoms with Gasteiger partial charge in [0.15, 0.2) is 0 Å². The summed E-state index contributed by atoms with van der Waals surface area (Å²) in [5, 5.41) is 0. The van der Waals surface area contributed by atoms with E-state index in [4.69, 9.17) is 27.4 Å². The van der Waals surface area contributed by atoms with Crippen molar-refractivity contribution in [2.75, 3.05) is 13.2 Å². The Morgan fingerprint density at radius 2 is 2.24 bits per heavy atom. The third-order valence-electron chi connectivity index (χ3n) is 2.09. The summed E-state index contributed by atoms with van der Waals surface area (Å²) in [4.78, 5) is 0.324. The summed E-state index contributed by atoms with van der Waals surface area (Å²) in [5.74, 6) is 0.688. The molecule has 1 unspecified atom stereocenters. The number of hydrogen-bond acceptors (Lipinski definition) is 3. The van der Waals surface area contributed by atoms with Gasteiger partial charge in [-0.2, -0.15) is 0 Å². The van der Waals surface area contributed by atoms with Gasteiger partial charge in [0.05, 0.1) is 12.2 Å². The minimum Gasteiger partial charge on any atom is -0.488 e. The molecule has 0 amide bonds. The quantitative estimate of drug-likeness (QED) is 0.819. The van der Waals surface area contributed by atoms with E-state index >= 15 is 0 Å². The minimum absolute atomic E-state index is 0.0378. The van der Waals surface area contributed by atoms with Crippen LogP contribution in [-0.4, -0.2) is 24.3 Å². The summed E-state index contributed by atoms with van der Waals surface area (Å²) in [6, 6.07) is 5.59. The predicted molar refractivity (Wildman–Crippen MR) is 76.6 cm³/mol. The molecule has 0 saturated heterocycles. The van der Waals surface area contributed by atoms with E-state index in [1.165, 1.54) is 0 Å². The first kappa shape index (κ1) is 14.4. The predicted octanol–water partition coefficient (Wildman–Crippen LogP) is 2.89. The maximum absolute atomic E-state index is 5.75. The van der Waals surface area contributed by atoms with Crippen LogP contribution < -0.4 is 10.5 Å². The number of rotatable bonds is 6. The van der Waals surface area contributed by atoms with Gasteiger partial charge in [0, 0.05) is 11.1 Å². The molecule has 0 saturated carbocycles. The molecule has 0 aromatic heterocycles. The van der Waals surface area contributed by atoms with Crippen LogP contribution in [0.1, 0.15) is 19.4 Å². The average Bonchev–Trinajstić information content (AvgIpc) is 2.28. The number of halogens is 1. The molecule has 17 heavy (non-hydrogen) atoms. The van der Waals surface area contributed by atoms with Gasteiger partial charge in [-0.15, -0.1) is 0 Å². The van der Waals surface area contributed by atoms with Gasteiger partial charge in [0.25, 0.3) is 0 Å². The van der Waals surface area contributed by atoms with Crippen LogP contribution in [0.25, 0.3) is 0 Å². The fraction of sp³-hybridized carbons (Fsp3) is 0.417. The molecule has 1 atom stereocenters. The fourth-order valence-corrected chi connectivity index (χ4v) is 1.85. The number of benzene rings is 1. The molecule has 1 rings (SSSR count). The SMILES string of the molecule is CCOCC(C)Oc1ccc(Br)cc1C(N)=S. The number of nitrogens with two attached hydrogens (primary N) is 1. The first-order valence-electron chi connectivity index (χ1n) is 5.38. The van der Waals surface area contributed by atoms with Crippen LogP contribution in [0.15, 0.2) is 22.7 Å². The van der Waals surface area contributed by atoms with Crippen molar-refractivity contribution in [1.82, 2.24) is 0 Å². The zero-order valence-corrected chi connectivity index (χ0v) is 12.3. The first-order valence-corrected chi connectivity index (χ1v) is 6.58. The molecule has 0 aliphatic carbocycles. The van der Waals surface area contributed by atoms with E-state index in [9.17, 15) is 0 Å². The molecule has 0 spiro atoms. The fourth-order valence-electron chi connectivity index (χ4n) is 1.33. The van der Waals surface area contributed by atoms with E-state index in [2.05, 4.69) is 15.9 Å². The second-order valence-corrected chi connectivity index (χ2v) is 4.95. The molecule has 1 aromatic carbocycles. The Hall–Kier alpha value is -0.650. The highest BCUT2D eigenvalue weighted by Gasteiger charge is 2.11. The number of hydrogen-bond donors (Lipinski definition) is 1. The van der Waals surface area contributed by atoms with Crippen LogP contribution in [0.4, 0.5) is 0 Å². The lowest BCUT2D eigenvalue weighted by molar-refractivity contribution is 0.0656. The van der Waals surface area contributed by atoms with Gasteiger partial charge in [0.1, 0.15) is 16.8 Å². The van der Waals surface area contributed by atoms with E-state index in [-0.39, 0.29) is 6.10 Å². The van der Waals surface area contributed by atoms with Gasteiger partial charge >= 0.3 is 0 Å². The van der Waals surface area contributed by atoms with Crippen molar-refractivity contribution in [3.63, 3.8) is 0 Å². The lowest BCUT2D eigenvalue weighted by Gasteiger charge is -2.17. The molecule has 2 N–H and O–H groups in total. The molecule has 0 aliphatic rings. The molecule has 1 aromatic rings. The Balaban J connectivity index is 2.79. The number of thiocarbonyl (C=S) groups is 1. The molecule has 94 valence electrons. The Bertz CT molecular complexity index is 398. The van der Waals surface area contributed by atoms with Gasteiger partial charge in [-0.1, -0.05) is 28.1 Å². The monoisotopic (exact) mass is 317 g/mol. The van der Waals surface area contributed by atoms with Crippen LogP contribution in [0, 0.1) is 0 Å². The summed E-state index contributed by atoms with van der Waals surface area (Å²) in [6.07, 6.45) is -0.0378. The van der Waals surface area contributed by atoms with Gasteiger partial charge in [-0.05, 0) is 32.0 Å². The summed E-state index contributed by atoms with van der Waals surface area (Å²) in [7, 11) is 0. The third kappa shape index (κ3) is 4.61. The smallest absolute Gasteiger partial charge is 0.130 e. The lowest BCUT2D eigenvalue weighted by Crippen LogP contribution is -2.21. The minimum atomic E-state index is -0.0378. The van der Waals surface area contributed by atoms with E-state index < -0.39 is 0 Å². The van der Waals surface area contributed by atoms with Crippen LogP contribution in [-0.2, 0) is 4.74 Å². The van der Waals surface area contributed by atoms with Crippen molar-refractivity contribution in [1.29, 1.82) is 0 Å². The molecule has 0 aliphatic heterocycles. The molecule has 5 heteroatoms. The second-order valence-electron chi connectivity index (χ2n) is 3.59. The van der Waals surface area contributed by atoms with Crippen LogP contribution >= 0.6 is 28.1 Å². The Morgan fingerprint density at radius 3 is 2.82 bits per heavy atom. The molecule has 0 fully saturated rings. The third-order valence-corrected chi connectivity index (χ3v) is 2.81. The Morgan fingerprint density at radius 1 is 1.53 bits per heavy atom. The first-order chi connectivity index (χ1) is 8.04. The highest BCUT2D eigenvalue weighted by atomic mass is 79.9. The summed E-state index contributed by atoms with van der Waals surface area (Å²) >= 11 is 8.37. The molecule has 0 heterocycles. The van der Waals surface area contributed by atoms with Crippen LogP contribution in [0.3, 0.4) is 0 Å². The molecular formula is C12H16BrNO2S. The van der Waals surface area contributed by atoms with Crippen molar-refractivity contribution in [2.45, 2.75) is 20.0 Å². The van der Waals surface area contributed by atoms with Gasteiger partial charge in [0.2, 0.25) is 0 Å². The maximum Gasteiger partial charge on any atom is 0.130 e. The van der Waals surface area contributed by atoms with Crippen molar-refractivity contribution in [3.05, 3.63) is 28.2 Å². The van der Waals surface area contributed by atoms with E-state index in [0.717, 1.165) is 10.0 Å². The lowest BCUT2D eigenvalue weighted by atomic mass is 10.2. The summed E-state index contributed by atoms with van der Waals surface area (Å²) < 4.78 is 12.0. The van der Waals surface area contributed by atoms with E-state index in [0.29, 0.717) is 24.0 Å². The zero-order valence-electron chi connectivity index (χ0n) is 9.90. The van der Waals surface area contributed by atoms with E-state index in [1.54, 1.807) is 0 Å². The molecular weight excluding hydrogens is 302 g/mol. The molecule has 0 bridgehead atoms. The highest BCUT2D eigenvalue weighted by Crippen LogP contribution is 2.24. The topological polar surface area (TPSA) is 44.5 Å². The van der Waals surface area contributed by atoms with Gasteiger partial charge < -0.3 is 15.2 Å². The zero-order chi connectivity index (χ0) is 12.8. The second kappa shape index (κ2) is 6.93. The molecule has 0 radical (unpaired) electrons. The molecule has 3 nitrogen and oxygen atoms in total. The van der Waals surface area contributed by atoms with Crippen LogP contribution in [0.2, 0.25) is 0 Å².